The van der Waals surface area contributed by atoms with Crippen molar-refractivity contribution in [2.24, 2.45) is 0 Å². The Kier molecular flexibility index (Phi) is 2.59. The Labute approximate surface area is 74.7 Å². The van der Waals surface area contributed by atoms with Gasteiger partial charge in [0.05, 0.1) is 12.8 Å². The average molecular weight is 183 g/mol. The molecule has 0 bridgehead atoms. The number of carbonyl (C=O) groups is 1. The van der Waals surface area contributed by atoms with E-state index in [2.05, 4.69) is 4.74 Å². The minimum atomic E-state index is -1.40. The number of hydrogen-bond donors (Lipinski definition) is 2. The molecule has 0 radical (unpaired) electrons. The predicted octanol–water partition coefficient (Wildman–Crippen LogP) is 1.33. The number of carboxylic acid groups (broad SMARTS) is 1. The normalized spacial score (nSPS) is 9.31. The molecule has 0 saturated heterocycles. The summed E-state index contributed by atoms with van der Waals surface area (Å²) in [5.74, 6) is 0.567. The van der Waals surface area contributed by atoms with Crippen LogP contribution >= 0.6 is 0 Å². The summed E-state index contributed by atoms with van der Waals surface area (Å²) >= 11 is 0. The number of methoxy groups -OCH3 is 1. The molecule has 0 amide bonds. The van der Waals surface area contributed by atoms with Crippen LogP contribution in [0.2, 0.25) is 0 Å². The number of anilines is 1. The summed E-state index contributed by atoms with van der Waals surface area (Å²) in [5, 5.41) is 8.34. The molecule has 5 nitrogen and oxygen atoms in total. The zero-order chi connectivity index (χ0) is 9.84. The first-order valence-electron chi connectivity index (χ1n) is 3.48. The van der Waals surface area contributed by atoms with Gasteiger partial charge in [-0.25, -0.2) is 4.79 Å². The molecule has 0 heterocycles. The van der Waals surface area contributed by atoms with Crippen molar-refractivity contribution in [3.05, 3.63) is 18.2 Å². The van der Waals surface area contributed by atoms with Crippen molar-refractivity contribution in [1.29, 1.82) is 0 Å². The van der Waals surface area contributed by atoms with Gasteiger partial charge in [0.2, 0.25) is 0 Å². The Morgan fingerprint density at radius 1 is 1.54 bits per heavy atom. The molecule has 0 aliphatic rings. The van der Waals surface area contributed by atoms with E-state index in [-0.39, 0.29) is 11.4 Å². The fraction of sp³-hybridized carbons (Fsp3) is 0.125. The highest BCUT2D eigenvalue weighted by Crippen LogP contribution is 2.26. The Morgan fingerprint density at radius 3 is 2.77 bits per heavy atom. The highest BCUT2D eigenvalue weighted by Gasteiger charge is 2.06. The van der Waals surface area contributed by atoms with Crippen LogP contribution < -0.4 is 15.2 Å². The molecular formula is C8H9NO4. The van der Waals surface area contributed by atoms with Crippen LogP contribution in [0.25, 0.3) is 0 Å². The summed E-state index contributed by atoms with van der Waals surface area (Å²) in [5.41, 5.74) is 5.70. The van der Waals surface area contributed by atoms with Crippen molar-refractivity contribution in [2.75, 3.05) is 12.8 Å². The van der Waals surface area contributed by atoms with Crippen LogP contribution in [0.5, 0.6) is 11.5 Å². The van der Waals surface area contributed by atoms with Crippen molar-refractivity contribution in [1.82, 2.24) is 0 Å². The van der Waals surface area contributed by atoms with Gasteiger partial charge in [-0.05, 0) is 12.1 Å². The van der Waals surface area contributed by atoms with Crippen LogP contribution in [0.1, 0.15) is 0 Å². The van der Waals surface area contributed by atoms with Crippen LogP contribution in [0.15, 0.2) is 18.2 Å². The Balaban J connectivity index is 2.96. The lowest BCUT2D eigenvalue weighted by atomic mass is 10.3. The summed E-state index contributed by atoms with van der Waals surface area (Å²) in [6.45, 7) is 0. The van der Waals surface area contributed by atoms with Crippen molar-refractivity contribution in [3.63, 3.8) is 0 Å². The number of benzene rings is 1. The molecule has 0 unspecified atom stereocenters. The first-order chi connectivity index (χ1) is 6.13. The maximum atomic E-state index is 10.2. The zero-order valence-electron chi connectivity index (χ0n) is 6.98. The van der Waals surface area contributed by atoms with Gasteiger partial charge in [0.1, 0.15) is 5.75 Å². The first-order valence-corrected chi connectivity index (χ1v) is 3.48. The third kappa shape index (κ3) is 2.26. The molecule has 3 N–H and O–H groups in total. The molecule has 1 aromatic rings. The maximum Gasteiger partial charge on any atom is 0.511 e. The van der Waals surface area contributed by atoms with E-state index in [1.165, 1.54) is 19.2 Å². The summed E-state index contributed by atoms with van der Waals surface area (Å²) in [6, 6.07) is 4.53. The second-order valence-corrected chi connectivity index (χ2v) is 2.27. The molecule has 0 aromatic heterocycles. The van der Waals surface area contributed by atoms with E-state index >= 15 is 0 Å². The average Bonchev–Trinajstić information content (AvgIpc) is 2.08. The maximum absolute atomic E-state index is 10.2. The number of nitrogens with two attached hydrogens (primary N) is 1. The van der Waals surface area contributed by atoms with Crippen LogP contribution in [-0.2, 0) is 0 Å². The molecule has 0 aliphatic heterocycles. The lowest BCUT2D eigenvalue weighted by Crippen LogP contribution is -2.05. The molecule has 1 aromatic carbocycles. The molecule has 1 rings (SSSR count). The number of rotatable bonds is 2. The molecule has 0 atom stereocenters. The minimum Gasteiger partial charge on any atom is -0.497 e. The van der Waals surface area contributed by atoms with Gasteiger partial charge in [0.25, 0.3) is 0 Å². The topological polar surface area (TPSA) is 81.8 Å². The third-order valence-electron chi connectivity index (χ3n) is 1.42. The molecular weight excluding hydrogens is 174 g/mol. The van der Waals surface area contributed by atoms with Crippen molar-refractivity contribution in [2.45, 2.75) is 0 Å². The summed E-state index contributed by atoms with van der Waals surface area (Å²) in [7, 11) is 1.47. The Morgan fingerprint density at radius 2 is 2.23 bits per heavy atom. The van der Waals surface area contributed by atoms with Crippen LogP contribution in [0.3, 0.4) is 0 Å². The third-order valence-corrected chi connectivity index (χ3v) is 1.42. The Bertz CT molecular complexity index is 324. The second-order valence-electron chi connectivity index (χ2n) is 2.27. The van der Waals surface area contributed by atoms with E-state index in [9.17, 15) is 4.79 Å². The predicted molar refractivity (Wildman–Crippen MR) is 46.1 cm³/mol. The van der Waals surface area contributed by atoms with E-state index in [4.69, 9.17) is 15.6 Å². The Hall–Kier alpha value is -1.91. The highest BCUT2D eigenvalue weighted by atomic mass is 16.7. The number of ether oxygens (including phenoxy) is 2. The first kappa shape index (κ1) is 9.18. The standard InChI is InChI=1S/C8H9NO4/c1-12-5-2-3-6(9)7(4-5)13-8(10)11/h2-4H,9H2,1H3,(H,10,11). The highest BCUT2D eigenvalue weighted by molar-refractivity contribution is 5.66. The van der Waals surface area contributed by atoms with Gasteiger partial charge in [-0.1, -0.05) is 0 Å². The van der Waals surface area contributed by atoms with Gasteiger partial charge < -0.3 is 20.3 Å². The quantitative estimate of drug-likeness (QED) is 0.410. The minimum absolute atomic E-state index is 0.0758. The smallest absolute Gasteiger partial charge is 0.497 e. The van der Waals surface area contributed by atoms with E-state index in [1.807, 2.05) is 0 Å². The SMILES string of the molecule is COc1ccc(N)c(OC(=O)O)c1. The molecule has 70 valence electrons. The number of hydrogen-bond acceptors (Lipinski definition) is 4. The van der Waals surface area contributed by atoms with Crippen molar-refractivity contribution >= 4 is 11.8 Å². The monoisotopic (exact) mass is 183 g/mol. The summed E-state index contributed by atoms with van der Waals surface area (Å²) < 4.78 is 9.26. The van der Waals surface area contributed by atoms with Gasteiger partial charge >= 0.3 is 6.16 Å². The molecule has 0 aliphatic carbocycles. The van der Waals surface area contributed by atoms with Gasteiger partial charge in [-0.3, -0.25) is 0 Å². The lowest BCUT2D eigenvalue weighted by Gasteiger charge is -2.05. The molecule has 0 spiro atoms. The second kappa shape index (κ2) is 3.66. The molecule has 0 saturated carbocycles. The van der Waals surface area contributed by atoms with E-state index < -0.39 is 6.16 Å². The largest absolute Gasteiger partial charge is 0.511 e. The van der Waals surface area contributed by atoms with Crippen LogP contribution in [0.4, 0.5) is 10.5 Å². The van der Waals surface area contributed by atoms with Crippen LogP contribution in [0, 0.1) is 0 Å². The van der Waals surface area contributed by atoms with E-state index in [0.717, 1.165) is 0 Å². The summed E-state index contributed by atoms with van der Waals surface area (Å²) in [4.78, 5) is 10.2. The zero-order valence-corrected chi connectivity index (χ0v) is 6.98. The molecule has 13 heavy (non-hydrogen) atoms. The number of nitrogen functional groups attached to an aromatic ring is 1. The van der Waals surface area contributed by atoms with Gasteiger partial charge in [-0.15, -0.1) is 0 Å². The van der Waals surface area contributed by atoms with Crippen molar-refractivity contribution < 1.29 is 19.4 Å². The van der Waals surface area contributed by atoms with E-state index in [1.54, 1.807) is 6.07 Å². The summed E-state index contributed by atoms with van der Waals surface area (Å²) in [6.07, 6.45) is -1.40. The lowest BCUT2D eigenvalue weighted by molar-refractivity contribution is 0.144. The van der Waals surface area contributed by atoms with Gasteiger partial charge in [0.15, 0.2) is 5.75 Å². The fourth-order valence-electron chi connectivity index (χ4n) is 0.824. The van der Waals surface area contributed by atoms with Gasteiger partial charge in [-0.2, -0.15) is 0 Å². The van der Waals surface area contributed by atoms with E-state index in [0.29, 0.717) is 5.75 Å². The fourth-order valence-corrected chi connectivity index (χ4v) is 0.824. The van der Waals surface area contributed by atoms with Crippen molar-refractivity contribution in [3.8, 4) is 11.5 Å². The van der Waals surface area contributed by atoms with Gasteiger partial charge in [0, 0.05) is 6.07 Å². The molecule has 5 heteroatoms. The van der Waals surface area contributed by atoms with Crippen LogP contribution in [-0.4, -0.2) is 18.4 Å². The molecule has 0 fully saturated rings.